The van der Waals surface area contributed by atoms with E-state index in [1.807, 2.05) is 6.92 Å². The molecule has 0 radical (unpaired) electrons. The van der Waals surface area contributed by atoms with Gasteiger partial charge in [0.05, 0.1) is 6.54 Å². The largest absolute Gasteiger partial charge is 0.341 e. The number of carbonyl (C=O) groups is 2. The van der Waals surface area contributed by atoms with Gasteiger partial charge in [-0.25, -0.2) is 4.79 Å². The monoisotopic (exact) mass is 213 g/mol. The van der Waals surface area contributed by atoms with Gasteiger partial charge in [0.25, 0.3) is 0 Å². The van der Waals surface area contributed by atoms with Crippen molar-refractivity contribution in [2.24, 2.45) is 0 Å². The van der Waals surface area contributed by atoms with Crippen molar-refractivity contribution in [2.75, 3.05) is 26.2 Å². The minimum absolute atomic E-state index is 0.0131. The maximum Gasteiger partial charge on any atom is 0.315 e. The molecule has 0 aromatic carbocycles. The molecule has 0 atom stereocenters. The zero-order valence-corrected chi connectivity index (χ0v) is 9.21. The van der Waals surface area contributed by atoms with E-state index in [2.05, 4.69) is 10.6 Å². The number of nitrogens with one attached hydrogen (secondary N) is 2. The first-order valence-electron chi connectivity index (χ1n) is 5.53. The van der Waals surface area contributed by atoms with Gasteiger partial charge in [0.2, 0.25) is 5.91 Å². The van der Waals surface area contributed by atoms with Crippen molar-refractivity contribution in [1.82, 2.24) is 15.5 Å². The molecule has 1 rings (SSSR count). The van der Waals surface area contributed by atoms with Crippen LogP contribution in [0, 0.1) is 0 Å². The Bertz CT molecular complexity index is 225. The average Bonchev–Trinajstić information content (AvgIpc) is 2.76. The maximum absolute atomic E-state index is 11.5. The zero-order chi connectivity index (χ0) is 11.1. The van der Waals surface area contributed by atoms with E-state index >= 15 is 0 Å². The van der Waals surface area contributed by atoms with Gasteiger partial charge in [-0.1, -0.05) is 6.92 Å². The minimum atomic E-state index is -0.260. The van der Waals surface area contributed by atoms with Crippen LogP contribution in [0.5, 0.6) is 0 Å². The molecule has 1 heterocycles. The van der Waals surface area contributed by atoms with E-state index in [4.69, 9.17) is 0 Å². The fourth-order valence-electron chi connectivity index (χ4n) is 1.54. The molecule has 2 N–H and O–H groups in total. The number of amides is 3. The van der Waals surface area contributed by atoms with E-state index in [0.29, 0.717) is 6.54 Å². The number of likely N-dealkylation sites (tertiary alicyclic amines) is 1. The van der Waals surface area contributed by atoms with E-state index in [0.717, 1.165) is 32.4 Å². The van der Waals surface area contributed by atoms with Crippen LogP contribution in [0.25, 0.3) is 0 Å². The Kier molecular flexibility index (Phi) is 4.93. The second-order valence-electron chi connectivity index (χ2n) is 3.70. The lowest BCUT2D eigenvalue weighted by Gasteiger charge is -2.15. The zero-order valence-electron chi connectivity index (χ0n) is 9.21. The fraction of sp³-hybridized carbons (Fsp3) is 0.800. The summed E-state index contributed by atoms with van der Waals surface area (Å²) < 4.78 is 0. The molecule has 0 spiro atoms. The average molecular weight is 213 g/mol. The highest BCUT2D eigenvalue weighted by Gasteiger charge is 2.17. The van der Waals surface area contributed by atoms with Crippen molar-refractivity contribution in [2.45, 2.75) is 26.2 Å². The third-order valence-electron chi connectivity index (χ3n) is 2.39. The van der Waals surface area contributed by atoms with Gasteiger partial charge in [-0.15, -0.1) is 0 Å². The van der Waals surface area contributed by atoms with Crippen LogP contribution in [0.3, 0.4) is 0 Å². The molecule has 3 amide bonds. The quantitative estimate of drug-likeness (QED) is 0.706. The SMILES string of the molecule is CCCNC(=O)NCC(=O)N1CCCC1. The van der Waals surface area contributed by atoms with Gasteiger partial charge in [-0.2, -0.15) is 0 Å². The first-order valence-corrected chi connectivity index (χ1v) is 5.53. The molecule has 0 bridgehead atoms. The van der Waals surface area contributed by atoms with Crippen molar-refractivity contribution < 1.29 is 9.59 Å². The predicted octanol–water partition coefficient (Wildman–Crippen LogP) is 0.318. The third-order valence-corrected chi connectivity index (χ3v) is 2.39. The fourth-order valence-corrected chi connectivity index (χ4v) is 1.54. The molecule has 15 heavy (non-hydrogen) atoms. The third kappa shape index (κ3) is 4.18. The molecule has 86 valence electrons. The van der Waals surface area contributed by atoms with E-state index < -0.39 is 0 Å². The molecule has 0 unspecified atom stereocenters. The standard InChI is InChI=1S/C10H19N3O2/c1-2-5-11-10(15)12-8-9(14)13-6-3-4-7-13/h2-8H2,1H3,(H2,11,12,15). The summed E-state index contributed by atoms with van der Waals surface area (Å²) in [4.78, 5) is 24.4. The summed E-state index contributed by atoms with van der Waals surface area (Å²) in [6.45, 7) is 4.39. The smallest absolute Gasteiger partial charge is 0.315 e. The van der Waals surface area contributed by atoms with E-state index in [1.54, 1.807) is 4.90 Å². The van der Waals surface area contributed by atoms with Gasteiger partial charge < -0.3 is 15.5 Å². The molecular weight excluding hydrogens is 194 g/mol. The van der Waals surface area contributed by atoms with Gasteiger partial charge in [0, 0.05) is 19.6 Å². The number of rotatable bonds is 4. The first kappa shape index (κ1) is 11.8. The first-order chi connectivity index (χ1) is 7.24. The lowest BCUT2D eigenvalue weighted by atomic mass is 10.4. The molecule has 0 saturated carbocycles. The van der Waals surface area contributed by atoms with Gasteiger partial charge in [0.1, 0.15) is 0 Å². The van der Waals surface area contributed by atoms with Crippen molar-refractivity contribution in [3.8, 4) is 0 Å². The molecular formula is C10H19N3O2. The number of hydrogen-bond acceptors (Lipinski definition) is 2. The van der Waals surface area contributed by atoms with Crippen molar-refractivity contribution >= 4 is 11.9 Å². The second-order valence-corrected chi connectivity index (χ2v) is 3.70. The summed E-state index contributed by atoms with van der Waals surface area (Å²) in [5.74, 6) is 0.0131. The Morgan fingerprint density at radius 2 is 1.87 bits per heavy atom. The van der Waals surface area contributed by atoms with Crippen LogP contribution in [0.15, 0.2) is 0 Å². The molecule has 1 saturated heterocycles. The lowest BCUT2D eigenvalue weighted by Crippen LogP contribution is -2.43. The lowest BCUT2D eigenvalue weighted by molar-refractivity contribution is -0.128. The topological polar surface area (TPSA) is 61.4 Å². The molecule has 5 heteroatoms. The molecule has 5 nitrogen and oxygen atoms in total. The Labute approximate surface area is 90.2 Å². The highest BCUT2D eigenvalue weighted by molar-refractivity contribution is 5.84. The summed E-state index contributed by atoms with van der Waals surface area (Å²) >= 11 is 0. The van der Waals surface area contributed by atoms with Crippen LogP contribution in [-0.2, 0) is 4.79 Å². The van der Waals surface area contributed by atoms with Gasteiger partial charge >= 0.3 is 6.03 Å². The van der Waals surface area contributed by atoms with Gasteiger partial charge in [-0.05, 0) is 19.3 Å². The highest BCUT2D eigenvalue weighted by Crippen LogP contribution is 2.06. The van der Waals surface area contributed by atoms with Crippen LogP contribution in [0.2, 0.25) is 0 Å². The van der Waals surface area contributed by atoms with E-state index in [9.17, 15) is 9.59 Å². The van der Waals surface area contributed by atoms with Crippen molar-refractivity contribution in [3.05, 3.63) is 0 Å². The number of nitrogens with zero attached hydrogens (tertiary/aromatic N) is 1. The number of carbonyl (C=O) groups excluding carboxylic acids is 2. The number of urea groups is 1. The van der Waals surface area contributed by atoms with Crippen molar-refractivity contribution in [1.29, 1.82) is 0 Å². The Hall–Kier alpha value is -1.26. The van der Waals surface area contributed by atoms with Crippen molar-refractivity contribution in [3.63, 3.8) is 0 Å². The second kappa shape index (κ2) is 6.27. The number of hydrogen-bond donors (Lipinski definition) is 2. The molecule has 0 aliphatic carbocycles. The predicted molar refractivity (Wildman–Crippen MR) is 57.5 cm³/mol. The summed E-state index contributed by atoms with van der Waals surface area (Å²) in [5.41, 5.74) is 0. The Morgan fingerprint density at radius 3 is 2.47 bits per heavy atom. The molecule has 1 fully saturated rings. The Morgan fingerprint density at radius 1 is 1.20 bits per heavy atom. The molecule has 1 aliphatic rings. The molecule has 0 aromatic heterocycles. The summed E-state index contributed by atoms with van der Waals surface area (Å²) in [6.07, 6.45) is 3.05. The molecule has 0 aromatic rings. The van der Waals surface area contributed by atoms with Crippen LogP contribution >= 0.6 is 0 Å². The maximum atomic E-state index is 11.5. The summed E-state index contributed by atoms with van der Waals surface area (Å²) in [5, 5.41) is 5.21. The summed E-state index contributed by atoms with van der Waals surface area (Å²) in [7, 11) is 0. The minimum Gasteiger partial charge on any atom is -0.341 e. The molecule has 1 aliphatic heterocycles. The van der Waals surface area contributed by atoms with E-state index in [1.165, 1.54) is 0 Å². The van der Waals surface area contributed by atoms with Crippen LogP contribution < -0.4 is 10.6 Å². The van der Waals surface area contributed by atoms with Gasteiger partial charge in [0.15, 0.2) is 0 Å². The summed E-state index contributed by atoms with van der Waals surface area (Å²) in [6, 6.07) is -0.260. The normalized spacial score (nSPS) is 15.1. The van der Waals surface area contributed by atoms with Crippen LogP contribution in [0.1, 0.15) is 26.2 Å². The van der Waals surface area contributed by atoms with Crippen LogP contribution in [0.4, 0.5) is 4.79 Å². The highest BCUT2D eigenvalue weighted by atomic mass is 16.2. The van der Waals surface area contributed by atoms with E-state index in [-0.39, 0.29) is 18.5 Å². The van der Waals surface area contributed by atoms with Gasteiger partial charge in [-0.3, -0.25) is 4.79 Å². The Balaban J connectivity index is 2.12. The van der Waals surface area contributed by atoms with Crippen LogP contribution in [-0.4, -0.2) is 43.0 Å².